The lowest BCUT2D eigenvalue weighted by atomic mass is 10.1. The van der Waals surface area contributed by atoms with Crippen molar-refractivity contribution < 1.29 is 0 Å². The van der Waals surface area contributed by atoms with E-state index in [9.17, 15) is 0 Å². The molecule has 1 aromatic rings. The maximum atomic E-state index is 6.06. The summed E-state index contributed by atoms with van der Waals surface area (Å²) >= 11 is 6.06. The number of fused-ring (bicyclic) bond motifs is 1. The molecule has 0 aromatic heterocycles. The fraction of sp³-hybridized carbons (Fsp3) is 0.571. The number of hydrogen-bond donors (Lipinski definition) is 1. The second kappa shape index (κ2) is 4.60. The number of halogens is 1. The first kappa shape index (κ1) is 11.5. The Kier molecular flexibility index (Phi) is 3.12. The highest BCUT2D eigenvalue weighted by Gasteiger charge is 2.29. The monoisotopic (exact) mass is 250 g/mol. The van der Waals surface area contributed by atoms with E-state index in [4.69, 9.17) is 11.6 Å². The number of nitrogens with zero attached hydrogens (tertiary/aromatic N) is 1. The van der Waals surface area contributed by atoms with Crippen LogP contribution in [0.1, 0.15) is 18.1 Å². The van der Waals surface area contributed by atoms with Crippen LogP contribution < -0.4 is 5.32 Å². The van der Waals surface area contributed by atoms with Crippen LogP contribution in [0.3, 0.4) is 0 Å². The van der Waals surface area contributed by atoms with E-state index in [1.54, 1.807) is 0 Å². The Balaban J connectivity index is 1.73. The number of hydrogen-bond acceptors (Lipinski definition) is 2. The Morgan fingerprint density at radius 2 is 2.12 bits per heavy atom. The first-order valence-corrected chi connectivity index (χ1v) is 6.85. The van der Waals surface area contributed by atoms with Gasteiger partial charge in [0.2, 0.25) is 0 Å². The van der Waals surface area contributed by atoms with Gasteiger partial charge in [-0.05, 0) is 43.0 Å². The molecule has 3 rings (SSSR count). The average molecular weight is 251 g/mol. The minimum atomic E-state index is 0.621. The van der Waals surface area contributed by atoms with Gasteiger partial charge in [-0.3, -0.25) is 4.90 Å². The Labute approximate surface area is 108 Å². The zero-order valence-corrected chi connectivity index (χ0v) is 11.0. The fourth-order valence-corrected chi connectivity index (χ4v) is 3.31. The van der Waals surface area contributed by atoms with Gasteiger partial charge in [0, 0.05) is 36.7 Å². The summed E-state index contributed by atoms with van der Waals surface area (Å²) in [6, 6.07) is 7.67. The normalized spacial score (nSPS) is 29.3. The van der Waals surface area contributed by atoms with E-state index >= 15 is 0 Å². The van der Waals surface area contributed by atoms with E-state index in [1.807, 2.05) is 6.07 Å². The number of benzene rings is 1. The molecule has 17 heavy (non-hydrogen) atoms. The van der Waals surface area contributed by atoms with Gasteiger partial charge >= 0.3 is 0 Å². The molecule has 0 bridgehead atoms. The van der Waals surface area contributed by atoms with Crippen molar-refractivity contribution in [1.29, 1.82) is 0 Å². The van der Waals surface area contributed by atoms with Crippen LogP contribution in [0.5, 0.6) is 0 Å². The van der Waals surface area contributed by atoms with E-state index in [1.165, 1.54) is 37.1 Å². The van der Waals surface area contributed by atoms with Gasteiger partial charge in [0.25, 0.3) is 0 Å². The topological polar surface area (TPSA) is 15.3 Å². The van der Waals surface area contributed by atoms with Crippen molar-refractivity contribution in [2.45, 2.75) is 31.8 Å². The minimum Gasteiger partial charge on any atom is -0.312 e. The highest BCUT2D eigenvalue weighted by molar-refractivity contribution is 6.30. The molecule has 0 spiro atoms. The van der Waals surface area contributed by atoms with Crippen LogP contribution in [-0.2, 0) is 12.8 Å². The van der Waals surface area contributed by atoms with Crippen LogP contribution in [0.25, 0.3) is 0 Å². The van der Waals surface area contributed by atoms with E-state index in [2.05, 4.69) is 29.3 Å². The molecule has 0 radical (unpaired) electrons. The Morgan fingerprint density at radius 3 is 2.94 bits per heavy atom. The Hall–Kier alpha value is -0.570. The molecule has 1 fully saturated rings. The quantitative estimate of drug-likeness (QED) is 0.821. The van der Waals surface area contributed by atoms with Gasteiger partial charge in [0.1, 0.15) is 0 Å². The maximum absolute atomic E-state index is 6.06. The van der Waals surface area contributed by atoms with Crippen molar-refractivity contribution in [3.63, 3.8) is 0 Å². The lowest BCUT2D eigenvalue weighted by Gasteiger charge is -2.36. The molecule has 0 amide bonds. The third-order valence-electron chi connectivity index (χ3n) is 4.00. The maximum Gasteiger partial charge on any atom is 0.0408 e. The van der Waals surface area contributed by atoms with Gasteiger partial charge in [-0.25, -0.2) is 0 Å². The van der Waals surface area contributed by atoms with Gasteiger partial charge in [0.05, 0.1) is 0 Å². The van der Waals surface area contributed by atoms with E-state index in [-0.39, 0.29) is 0 Å². The van der Waals surface area contributed by atoms with Gasteiger partial charge in [0.15, 0.2) is 0 Å². The van der Waals surface area contributed by atoms with Gasteiger partial charge in [-0.2, -0.15) is 0 Å². The van der Waals surface area contributed by atoms with Crippen molar-refractivity contribution in [2.75, 3.05) is 19.6 Å². The molecule has 2 aliphatic rings. The summed E-state index contributed by atoms with van der Waals surface area (Å²) < 4.78 is 0. The van der Waals surface area contributed by atoms with Crippen LogP contribution in [0.4, 0.5) is 0 Å². The molecule has 1 aliphatic carbocycles. The molecule has 1 heterocycles. The highest BCUT2D eigenvalue weighted by atomic mass is 35.5. The molecule has 1 N–H and O–H groups in total. The summed E-state index contributed by atoms with van der Waals surface area (Å²) in [6.45, 7) is 5.74. The Bertz CT molecular complexity index is 419. The summed E-state index contributed by atoms with van der Waals surface area (Å²) in [4.78, 5) is 2.63. The van der Waals surface area contributed by atoms with Crippen molar-refractivity contribution in [1.82, 2.24) is 10.2 Å². The molecular formula is C14H19ClN2. The largest absolute Gasteiger partial charge is 0.312 e. The lowest BCUT2D eigenvalue weighted by Crippen LogP contribution is -2.53. The standard InChI is InChI=1S/C14H19ClN2/c1-10-9-17(5-4-16-10)14-7-11-2-3-13(15)6-12(11)8-14/h2-3,6,10,14,16H,4-5,7-9H2,1H3/t10-,14+/m0/s1. The van der Waals surface area contributed by atoms with Gasteiger partial charge in [-0.15, -0.1) is 0 Å². The van der Waals surface area contributed by atoms with E-state index < -0.39 is 0 Å². The van der Waals surface area contributed by atoms with Crippen molar-refractivity contribution in [2.24, 2.45) is 0 Å². The molecule has 1 aliphatic heterocycles. The molecule has 2 nitrogen and oxygen atoms in total. The van der Waals surface area contributed by atoms with Crippen molar-refractivity contribution in [3.05, 3.63) is 34.3 Å². The smallest absolute Gasteiger partial charge is 0.0408 e. The minimum absolute atomic E-state index is 0.621. The summed E-state index contributed by atoms with van der Waals surface area (Å²) in [5, 5.41) is 4.38. The van der Waals surface area contributed by atoms with Crippen LogP contribution in [0.15, 0.2) is 18.2 Å². The van der Waals surface area contributed by atoms with Crippen LogP contribution >= 0.6 is 11.6 Å². The van der Waals surface area contributed by atoms with Crippen LogP contribution in [-0.4, -0.2) is 36.6 Å². The van der Waals surface area contributed by atoms with Crippen molar-refractivity contribution in [3.8, 4) is 0 Å². The van der Waals surface area contributed by atoms with E-state index in [0.29, 0.717) is 12.1 Å². The fourth-order valence-electron chi connectivity index (χ4n) is 3.12. The van der Waals surface area contributed by atoms with Crippen LogP contribution in [0.2, 0.25) is 5.02 Å². The predicted molar refractivity (Wildman–Crippen MR) is 71.7 cm³/mol. The molecular weight excluding hydrogens is 232 g/mol. The summed E-state index contributed by atoms with van der Waals surface area (Å²) in [6.07, 6.45) is 2.36. The second-order valence-electron chi connectivity index (χ2n) is 5.33. The van der Waals surface area contributed by atoms with Crippen LogP contribution in [0, 0.1) is 0 Å². The van der Waals surface area contributed by atoms with Gasteiger partial charge < -0.3 is 5.32 Å². The molecule has 1 saturated heterocycles. The SMILES string of the molecule is C[C@H]1CN([C@@H]2Cc3ccc(Cl)cc3C2)CCN1. The zero-order chi connectivity index (χ0) is 11.8. The summed E-state index contributed by atoms with van der Waals surface area (Å²) in [5.41, 5.74) is 2.94. The number of rotatable bonds is 1. The van der Waals surface area contributed by atoms with Gasteiger partial charge in [-0.1, -0.05) is 17.7 Å². The summed E-state index contributed by atoms with van der Waals surface area (Å²) in [5.74, 6) is 0. The van der Waals surface area contributed by atoms with Crippen molar-refractivity contribution >= 4 is 11.6 Å². The summed E-state index contributed by atoms with van der Waals surface area (Å²) in [7, 11) is 0. The molecule has 2 atom stereocenters. The molecule has 92 valence electrons. The molecule has 3 heteroatoms. The predicted octanol–water partition coefficient (Wildman–Crippen LogP) is 2.10. The average Bonchev–Trinajstić information content (AvgIpc) is 2.72. The number of nitrogens with one attached hydrogen (secondary N) is 1. The first-order valence-electron chi connectivity index (χ1n) is 6.47. The second-order valence-corrected chi connectivity index (χ2v) is 5.76. The Morgan fingerprint density at radius 1 is 1.29 bits per heavy atom. The third kappa shape index (κ3) is 2.35. The van der Waals surface area contributed by atoms with E-state index in [0.717, 1.165) is 11.6 Å². The molecule has 1 aromatic carbocycles. The molecule has 0 saturated carbocycles. The lowest BCUT2D eigenvalue weighted by molar-refractivity contribution is 0.152. The first-order chi connectivity index (χ1) is 8.22. The number of piperazine rings is 1. The zero-order valence-electron chi connectivity index (χ0n) is 10.2. The molecule has 0 unspecified atom stereocenters. The highest BCUT2D eigenvalue weighted by Crippen LogP contribution is 2.28. The third-order valence-corrected chi connectivity index (χ3v) is 4.23.